The summed E-state index contributed by atoms with van der Waals surface area (Å²) in [4.78, 5) is 4.11. The van der Waals surface area contributed by atoms with Gasteiger partial charge in [-0.15, -0.1) is 0 Å². The average Bonchev–Trinajstić information content (AvgIpc) is 2.59. The lowest BCUT2D eigenvalue weighted by Crippen LogP contribution is -2.30. The summed E-state index contributed by atoms with van der Waals surface area (Å²) in [6.07, 6.45) is 2.49. The van der Waals surface area contributed by atoms with E-state index in [1.54, 1.807) is 19.9 Å². The number of sulfonamides is 1. The molecule has 1 heterocycles. The van der Waals surface area contributed by atoms with Crippen LogP contribution in [0.1, 0.15) is 19.4 Å². The molecule has 0 atom stereocenters. The Hall–Kier alpha value is -2.03. The largest absolute Gasteiger partial charge is 0.261 e. The van der Waals surface area contributed by atoms with Gasteiger partial charge in [0.1, 0.15) is 16.5 Å². The molecule has 6 nitrogen and oxygen atoms in total. The quantitative estimate of drug-likeness (QED) is 0.586. The minimum absolute atomic E-state index is 0.0999. The van der Waals surface area contributed by atoms with Gasteiger partial charge in [-0.3, -0.25) is 5.43 Å². The van der Waals surface area contributed by atoms with Crippen molar-refractivity contribution in [2.24, 2.45) is 5.10 Å². The first-order valence-corrected chi connectivity index (χ1v) is 9.41. The Kier molecular flexibility index (Phi) is 6.46. The highest BCUT2D eigenvalue weighted by Crippen LogP contribution is 2.18. The maximum absolute atomic E-state index is 13.6. The highest BCUT2D eigenvalue weighted by Gasteiger charge is 2.21. The van der Waals surface area contributed by atoms with E-state index in [-0.39, 0.29) is 15.5 Å². The molecule has 1 aromatic carbocycles. The van der Waals surface area contributed by atoms with E-state index in [0.717, 1.165) is 0 Å². The normalized spacial score (nSPS) is 12.0. The molecule has 0 saturated heterocycles. The van der Waals surface area contributed by atoms with Crippen LogP contribution in [0.15, 0.2) is 46.5 Å². The van der Waals surface area contributed by atoms with Gasteiger partial charge < -0.3 is 0 Å². The van der Waals surface area contributed by atoms with Crippen LogP contribution in [0.2, 0.25) is 5.02 Å². The summed E-state index contributed by atoms with van der Waals surface area (Å²) < 4.78 is 39.7. The molecular formula is C16H18ClFN4O2S. The molecule has 0 bridgehead atoms. The third kappa shape index (κ3) is 4.53. The Morgan fingerprint density at radius 1 is 1.28 bits per heavy atom. The van der Waals surface area contributed by atoms with Crippen LogP contribution < -0.4 is 5.43 Å². The summed E-state index contributed by atoms with van der Waals surface area (Å²) in [6, 6.07) is 7.25. The van der Waals surface area contributed by atoms with Crippen LogP contribution in [0.3, 0.4) is 0 Å². The first-order valence-electron chi connectivity index (χ1n) is 7.59. The molecule has 0 spiro atoms. The lowest BCUT2D eigenvalue weighted by Gasteiger charge is -2.18. The summed E-state index contributed by atoms with van der Waals surface area (Å²) in [5.41, 5.74) is 2.76. The van der Waals surface area contributed by atoms with Gasteiger partial charge in [0, 0.05) is 24.8 Å². The maximum Gasteiger partial charge on any atom is 0.244 e. The van der Waals surface area contributed by atoms with Crippen molar-refractivity contribution in [1.29, 1.82) is 0 Å². The number of anilines is 1. The fourth-order valence-electron chi connectivity index (χ4n) is 2.11. The van der Waals surface area contributed by atoms with Crippen molar-refractivity contribution in [3.8, 4) is 0 Å². The number of rotatable bonds is 7. The Morgan fingerprint density at radius 2 is 2.00 bits per heavy atom. The second-order valence-electron chi connectivity index (χ2n) is 4.97. The number of nitrogens with one attached hydrogen (secondary N) is 1. The van der Waals surface area contributed by atoms with Gasteiger partial charge in [-0.05, 0) is 24.3 Å². The summed E-state index contributed by atoms with van der Waals surface area (Å²) in [5.74, 6) is -0.172. The Morgan fingerprint density at radius 3 is 2.56 bits per heavy atom. The number of hydrogen-bond donors (Lipinski definition) is 1. The van der Waals surface area contributed by atoms with Crippen molar-refractivity contribution >= 4 is 33.7 Å². The second-order valence-corrected chi connectivity index (χ2v) is 7.32. The molecular weight excluding hydrogens is 367 g/mol. The van der Waals surface area contributed by atoms with Crippen LogP contribution >= 0.6 is 11.6 Å². The standard InChI is InChI=1S/C16H18ClFN4O2S/c1-3-22(4-2)25(23,24)12-8-9-16(19-10-12)21-20-11-13-14(17)6-5-7-15(13)18/h5-11H,3-4H2,1-2H3,(H,19,21). The van der Waals surface area contributed by atoms with E-state index in [4.69, 9.17) is 11.6 Å². The molecule has 134 valence electrons. The molecule has 0 unspecified atom stereocenters. The van der Waals surface area contributed by atoms with Gasteiger partial charge in [-0.2, -0.15) is 9.41 Å². The average molecular weight is 385 g/mol. The van der Waals surface area contributed by atoms with Crippen molar-refractivity contribution in [2.75, 3.05) is 18.5 Å². The van der Waals surface area contributed by atoms with Crippen LogP contribution in [0.25, 0.3) is 0 Å². The minimum Gasteiger partial charge on any atom is -0.261 e. The molecule has 0 aliphatic rings. The molecule has 9 heteroatoms. The van der Waals surface area contributed by atoms with Gasteiger partial charge in [-0.1, -0.05) is 31.5 Å². The lowest BCUT2D eigenvalue weighted by molar-refractivity contribution is 0.445. The summed E-state index contributed by atoms with van der Waals surface area (Å²) in [7, 11) is -3.56. The molecule has 0 saturated carbocycles. The van der Waals surface area contributed by atoms with Crippen molar-refractivity contribution in [3.63, 3.8) is 0 Å². The number of hydrazone groups is 1. The molecule has 0 radical (unpaired) electrons. The van der Waals surface area contributed by atoms with Crippen LogP contribution in [-0.4, -0.2) is 37.0 Å². The van der Waals surface area contributed by atoms with Crippen LogP contribution in [0.4, 0.5) is 10.2 Å². The van der Waals surface area contributed by atoms with E-state index in [1.807, 2.05) is 0 Å². The van der Waals surface area contributed by atoms with Gasteiger partial charge >= 0.3 is 0 Å². The number of nitrogens with zero attached hydrogens (tertiary/aromatic N) is 3. The highest BCUT2D eigenvalue weighted by atomic mass is 35.5. The zero-order valence-corrected chi connectivity index (χ0v) is 15.4. The molecule has 25 heavy (non-hydrogen) atoms. The second kappa shape index (κ2) is 8.37. The SMILES string of the molecule is CCN(CC)S(=O)(=O)c1ccc(NN=Cc2c(F)cccc2Cl)nc1. The van der Waals surface area contributed by atoms with Gasteiger partial charge in [0.25, 0.3) is 0 Å². The smallest absolute Gasteiger partial charge is 0.244 e. The molecule has 0 aliphatic carbocycles. The number of benzene rings is 1. The third-order valence-corrected chi connectivity index (χ3v) is 5.82. The molecule has 2 aromatic rings. The predicted molar refractivity (Wildman–Crippen MR) is 97.0 cm³/mol. The number of hydrogen-bond acceptors (Lipinski definition) is 5. The topological polar surface area (TPSA) is 74.7 Å². The van der Waals surface area contributed by atoms with Crippen LogP contribution in [0.5, 0.6) is 0 Å². The molecule has 1 N–H and O–H groups in total. The Bertz CT molecular complexity index is 833. The van der Waals surface area contributed by atoms with E-state index < -0.39 is 15.8 Å². The number of aromatic nitrogens is 1. The summed E-state index contributed by atoms with van der Waals surface area (Å²) in [5, 5.41) is 4.11. The molecule has 0 aliphatic heterocycles. The van der Waals surface area contributed by atoms with E-state index >= 15 is 0 Å². The zero-order chi connectivity index (χ0) is 18.4. The third-order valence-electron chi connectivity index (χ3n) is 3.45. The minimum atomic E-state index is -3.56. The van der Waals surface area contributed by atoms with E-state index in [1.165, 1.54) is 41.0 Å². The predicted octanol–water partition coefficient (Wildman–Crippen LogP) is 3.35. The fourth-order valence-corrected chi connectivity index (χ4v) is 3.72. The van der Waals surface area contributed by atoms with Crippen LogP contribution in [-0.2, 0) is 10.0 Å². The number of halogens is 2. The molecule has 0 amide bonds. The number of pyridine rings is 1. The highest BCUT2D eigenvalue weighted by molar-refractivity contribution is 7.89. The van der Waals surface area contributed by atoms with E-state index in [2.05, 4.69) is 15.5 Å². The molecule has 1 aromatic heterocycles. The van der Waals surface area contributed by atoms with Gasteiger partial charge in [0.15, 0.2) is 0 Å². The lowest BCUT2D eigenvalue weighted by atomic mass is 10.2. The van der Waals surface area contributed by atoms with Gasteiger partial charge in [0.2, 0.25) is 10.0 Å². The van der Waals surface area contributed by atoms with E-state index in [0.29, 0.717) is 18.9 Å². The van der Waals surface area contributed by atoms with Gasteiger partial charge in [0.05, 0.1) is 11.2 Å². The van der Waals surface area contributed by atoms with Crippen molar-refractivity contribution in [2.45, 2.75) is 18.7 Å². The first kappa shape index (κ1) is 19.3. The van der Waals surface area contributed by atoms with Crippen molar-refractivity contribution in [1.82, 2.24) is 9.29 Å². The van der Waals surface area contributed by atoms with Crippen molar-refractivity contribution < 1.29 is 12.8 Å². The summed E-state index contributed by atoms with van der Waals surface area (Å²) in [6.45, 7) is 4.30. The van der Waals surface area contributed by atoms with Crippen LogP contribution in [0, 0.1) is 5.82 Å². The first-order chi connectivity index (χ1) is 11.9. The molecule has 0 fully saturated rings. The Labute approximate surface area is 151 Å². The fraction of sp³-hybridized carbons (Fsp3) is 0.250. The molecule has 2 rings (SSSR count). The Balaban J connectivity index is 2.12. The summed E-state index contributed by atoms with van der Waals surface area (Å²) >= 11 is 5.89. The van der Waals surface area contributed by atoms with Gasteiger partial charge in [-0.25, -0.2) is 17.8 Å². The monoisotopic (exact) mass is 384 g/mol. The zero-order valence-electron chi connectivity index (χ0n) is 13.8. The van der Waals surface area contributed by atoms with E-state index in [9.17, 15) is 12.8 Å². The van der Waals surface area contributed by atoms with Crippen molar-refractivity contribution in [3.05, 3.63) is 52.9 Å². The maximum atomic E-state index is 13.6.